The lowest BCUT2D eigenvalue weighted by Gasteiger charge is -2.50. The molecule has 1 aliphatic heterocycles. The van der Waals surface area contributed by atoms with Crippen molar-refractivity contribution in [2.75, 3.05) is 19.6 Å². The summed E-state index contributed by atoms with van der Waals surface area (Å²) in [5, 5.41) is 22.1. The third-order valence-corrected chi connectivity index (χ3v) is 4.41. The first-order valence-corrected chi connectivity index (χ1v) is 8.21. The van der Waals surface area contributed by atoms with Crippen LogP contribution < -0.4 is 5.32 Å². The molecule has 2 fully saturated rings. The molecular weight excluding hydrogens is 300 g/mol. The van der Waals surface area contributed by atoms with Gasteiger partial charge in [0.15, 0.2) is 0 Å². The number of aliphatic hydroxyl groups excluding tert-OH is 1. The van der Waals surface area contributed by atoms with E-state index in [9.17, 15) is 14.7 Å². The molecule has 1 heterocycles. The number of hydrogen-bond donors (Lipinski definition) is 3. The van der Waals surface area contributed by atoms with Gasteiger partial charge in [0.25, 0.3) is 0 Å². The van der Waals surface area contributed by atoms with Crippen molar-refractivity contribution in [2.24, 2.45) is 5.92 Å². The fourth-order valence-corrected chi connectivity index (χ4v) is 3.31. The minimum absolute atomic E-state index is 0.0262. The van der Waals surface area contributed by atoms with E-state index in [1.165, 1.54) is 4.90 Å². The number of carboxylic acid groups (broad SMARTS) is 1. The van der Waals surface area contributed by atoms with Crippen molar-refractivity contribution in [1.82, 2.24) is 10.2 Å². The summed E-state index contributed by atoms with van der Waals surface area (Å²) in [6.07, 6.45) is 1.84. The van der Waals surface area contributed by atoms with E-state index in [2.05, 4.69) is 5.32 Å². The molecule has 2 unspecified atom stereocenters. The Kier molecular flexibility index (Phi) is 5.20. The summed E-state index contributed by atoms with van der Waals surface area (Å²) in [6.45, 7) is 6.76. The lowest BCUT2D eigenvalue weighted by Crippen LogP contribution is -2.71. The first-order valence-electron chi connectivity index (χ1n) is 8.21. The Bertz CT molecular complexity index is 454. The van der Waals surface area contributed by atoms with Crippen LogP contribution in [0.25, 0.3) is 0 Å². The molecule has 132 valence electrons. The number of nitrogens with one attached hydrogen (secondary N) is 1. The molecule has 0 aromatic rings. The monoisotopic (exact) mass is 328 g/mol. The van der Waals surface area contributed by atoms with Gasteiger partial charge in [0.1, 0.15) is 5.60 Å². The summed E-state index contributed by atoms with van der Waals surface area (Å²) in [4.78, 5) is 24.7. The topological polar surface area (TPSA) is 99.1 Å². The second-order valence-electron chi connectivity index (χ2n) is 7.90. The molecule has 0 spiro atoms. The Morgan fingerprint density at radius 3 is 2.43 bits per heavy atom. The van der Waals surface area contributed by atoms with E-state index in [1.807, 2.05) is 0 Å². The Labute approximate surface area is 137 Å². The molecule has 7 heteroatoms. The van der Waals surface area contributed by atoms with Gasteiger partial charge in [-0.25, -0.2) is 4.79 Å². The maximum absolute atomic E-state index is 12.0. The van der Waals surface area contributed by atoms with Crippen molar-refractivity contribution >= 4 is 12.1 Å². The average molecular weight is 328 g/mol. The normalized spacial score (nSPS) is 26.7. The van der Waals surface area contributed by atoms with Crippen LogP contribution in [0.4, 0.5) is 4.79 Å². The highest BCUT2D eigenvalue weighted by Crippen LogP contribution is 2.29. The van der Waals surface area contributed by atoms with Crippen LogP contribution in [0.3, 0.4) is 0 Å². The van der Waals surface area contributed by atoms with Gasteiger partial charge in [0.05, 0.1) is 18.1 Å². The highest BCUT2D eigenvalue weighted by molar-refractivity contribution is 5.73. The van der Waals surface area contributed by atoms with E-state index in [0.29, 0.717) is 25.6 Å². The first-order chi connectivity index (χ1) is 10.6. The van der Waals surface area contributed by atoms with Crippen molar-refractivity contribution < 1.29 is 24.5 Å². The van der Waals surface area contributed by atoms with Gasteiger partial charge in [-0.2, -0.15) is 0 Å². The molecular formula is C16H28N2O5. The zero-order valence-corrected chi connectivity index (χ0v) is 14.2. The molecule has 1 saturated carbocycles. The van der Waals surface area contributed by atoms with Crippen molar-refractivity contribution in [3.8, 4) is 0 Å². The van der Waals surface area contributed by atoms with Crippen LogP contribution in [0.2, 0.25) is 0 Å². The standard InChI is InChI=1S/C16H28N2O5/c1-15(2,3)23-14(22)18-9-16(10-18,7-13(20)21)17-8-11-4-5-12(19)6-11/h11-12,17,19H,4-10H2,1-3H3,(H,20,21). The molecule has 0 radical (unpaired) electrons. The number of hydrogen-bond acceptors (Lipinski definition) is 5. The molecule has 0 aromatic heterocycles. The van der Waals surface area contributed by atoms with Gasteiger partial charge in [-0.3, -0.25) is 4.79 Å². The van der Waals surface area contributed by atoms with Crippen LogP contribution in [0.5, 0.6) is 0 Å². The number of aliphatic carboxylic acids is 1. The maximum Gasteiger partial charge on any atom is 0.410 e. The van der Waals surface area contributed by atoms with E-state index >= 15 is 0 Å². The quantitative estimate of drug-likeness (QED) is 0.701. The molecule has 2 aliphatic rings. The molecule has 23 heavy (non-hydrogen) atoms. The van der Waals surface area contributed by atoms with E-state index in [1.54, 1.807) is 20.8 Å². The van der Waals surface area contributed by atoms with Crippen LogP contribution in [0.1, 0.15) is 46.5 Å². The lowest BCUT2D eigenvalue weighted by molar-refractivity contribution is -0.141. The van der Waals surface area contributed by atoms with Crippen LogP contribution in [-0.2, 0) is 9.53 Å². The SMILES string of the molecule is CC(C)(C)OC(=O)N1CC(CC(=O)O)(NCC2CCC(O)C2)C1. The third-order valence-electron chi connectivity index (χ3n) is 4.41. The van der Waals surface area contributed by atoms with E-state index in [-0.39, 0.29) is 12.5 Å². The Morgan fingerprint density at radius 1 is 1.30 bits per heavy atom. The predicted molar refractivity (Wildman–Crippen MR) is 84.1 cm³/mol. The Hall–Kier alpha value is -1.34. The number of carbonyl (C=O) groups is 2. The zero-order chi connectivity index (χ0) is 17.3. The highest BCUT2D eigenvalue weighted by atomic mass is 16.6. The summed E-state index contributed by atoms with van der Waals surface area (Å²) >= 11 is 0. The van der Waals surface area contributed by atoms with Crippen molar-refractivity contribution in [1.29, 1.82) is 0 Å². The number of rotatable bonds is 5. The first kappa shape index (κ1) is 18.0. The van der Waals surface area contributed by atoms with Crippen molar-refractivity contribution in [3.63, 3.8) is 0 Å². The lowest BCUT2D eigenvalue weighted by atomic mass is 9.85. The van der Waals surface area contributed by atoms with E-state index < -0.39 is 23.2 Å². The molecule has 1 amide bonds. The molecule has 1 saturated heterocycles. The summed E-state index contributed by atoms with van der Waals surface area (Å²) < 4.78 is 5.31. The highest BCUT2D eigenvalue weighted by Gasteiger charge is 2.48. The van der Waals surface area contributed by atoms with Gasteiger partial charge in [0.2, 0.25) is 0 Å². The second-order valence-corrected chi connectivity index (χ2v) is 7.90. The van der Waals surface area contributed by atoms with E-state index in [4.69, 9.17) is 9.84 Å². The summed E-state index contributed by atoms with van der Waals surface area (Å²) in [5.74, 6) is -0.515. The predicted octanol–water partition coefficient (Wildman–Crippen LogP) is 1.20. The molecule has 2 atom stereocenters. The van der Waals surface area contributed by atoms with Gasteiger partial charge in [-0.05, 0) is 52.5 Å². The number of nitrogens with zero attached hydrogens (tertiary/aromatic N) is 1. The summed E-state index contributed by atoms with van der Waals surface area (Å²) in [5.41, 5.74) is -1.15. The Balaban J connectivity index is 1.87. The van der Waals surface area contributed by atoms with Gasteiger partial charge < -0.3 is 25.2 Å². The number of ether oxygens (including phenoxy) is 1. The molecule has 0 aromatic carbocycles. The fourth-order valence-electron chi connectivity index (χ4n) is 3.31. The van der Waals surface area contributed by atoms with Crippen molar-refractivity contribution in [3.05, 3.63) is 0 Å². The van der Waals surface area contributed by atoms with Crippen LogP contribution in [-0.4, -0.2) is 64.1 Å². The number of carboxylic acids is 1. The average Bonchev–Trinajstić information content (AvgIpc) is 2.75. The smallest absolute Gasteiger partial charge is 0.410 e. The second kappa shape index (κ2) is 6.65. The Morgan fingerprint density at radius 2 is 1.96 bits per heavy atom. The molecule has 1 aliphatic carbocycles. The van der Waals surface area contributed by atoms with Crippen LogP contribution in [0.15, 0.2) is 0 Å². The minimum Gasteiger partial charge on any atom is -0.481 e. The van der Waals surface area contributed by atoms with E-state index in [0.717, 1.165) is 19.3 Å². The number of carbonyl (C=O) groups excluding carboxylic acids is 1. The molecule has 3 N–H and O–H groups in total. The van der Waals surface area contributed by atoms with Gasteiger partial charge in [-0.1, -0.05) is 0 Å². The third kappa shape index (κ3) is 5.07. The molecule has 7 nitrogen and oxygen atoms in total. The molecule has 0 bridgehead atoms. The van der Waals surface area contributed by atoms with Crippen molar-refractivity contribution in [2.45, 2.75) is 63.7 Å². The van der Waals surface area contributed by atoms with Crippen LogP contribution in [0, 0.1) is 5.92 Å². The van der Waals surface area contributed by atoms with Crippen LogP contribution >= 0.6 is 0 Å². The fraction of sp³-hybridized carbons (Fsp3) is 0.875. The maximum atomic E-state index is 12.0. The largest absolute Gasteiger partial charge is 0.481 e. The van der Waals surface area contributed by atoms with Gasteiger partial charge >= 0.3 is 12.1 Å². The molecule has 2 rings (SSSR count). The number of amides is 1. The zero-order valence-electron chi connectivity index (χ0n) is 14.2. The van der Waals surface area contributed by atoms with Gasteiger partial charge in [-0.15, -0.1) is 0 Å². The number of likely N-dealkylation sites (tertiary alicyclic amines) is 1. The van der Waals surface area contributed by atoms with Gasteiger partial charge in [0, 0.05) is 13.1 Å². The summed E-state index contributed by atoms with van der Waals surface area (Å²) in [7, 11) is 0. The minimum atomic E-state index is -0.882. The number of aliphatic hydroxyl groups is 1. The summed E-state index contributed by atoms with van der Waals surface area (Å²) in [6, 6.07) is 0.